The Labute approximate surface area is 138 Å². The smallest absolute Gasteiger partial charge is 0.119 e. The lowest BCUT2D eigenvalue weighted by Gasteiger charge is -2.42. The molecule has 5 nitrogen and oxygen atoms in total. The Morgan fingerprint density at radius 1 is 1.27 bits per heavy atom. The van der Waals surface area contributed by atoms with E-state index in [9.17, 15) is 5.11 Å². The number of methoxy groups -OCH3 is 1. The maximum absolute atomic E-state index is 10.2. The maximum atomic E-state index is 10.2. The Morgan fingerprint density at radius 3 is 2.50 bits per heavy atom. The lowest BCUT2D eigenvalue weighted by molar-refractivity contribution is -0.0703. The van der Waals surface area contributed by atoms with Crippen LogP contribution >= 0.6 is 12.4 Å². The molecule has 0 spiro atoms. The second-order valence-electron chi connectivity index (χ2n) is 5.95. The fraction of sp³-hybridized carbons (Fsp3) is 0.625. The van der Waals surface area contributed by atoms with Gasteiger partial charge in [-0.25, -0.2) is 0 Å². The highest BCUT2D eigenvalue weighted by Gasteiger charge is 2.31. The standard InChI is InChI=1S/C16H25NO4.ClH/c1-16(2)12-20-9-8-17(16)10-13(18)11-21-15-6-4-14(19-3)5-7-15;/h4-7,13,18H,8-12H2,1-3H3;1H. The number of halogens is 1. The Balaban J connectivity index is 0.00000242. The number of benzene rings is 1. The van der Waals surface area contributed by atoms with Gasteiger partial charge >= 0.3 is 0 Å². The highest BCUT2D eigenvalue weighted by Crippen LogP contribution is 2.20. The fourth-order valence-corrected chi connectivity index (χ4v) is 2.40. The summed E-state index contributed by atoms with van der Waals surface area (Å²) in [5.41, 5.74) is -0.0423. The zero-order chi connectivity index (χ0) is 15.3. The van der Waals surface area contributed by atoms with Gasteiger partial charge in [0.1, 0.15) is 24.2 Å². The van der Waals surface area contributed by atoms with E-state index in [0.717, 1.165) is 24.7 Å². The quantitative estimate of drug-likeness (QED) is 0.863. The van der Waals surface area contributed by atoms with E-state index in [4.69, 9.17) is 14.2 Å². The molecular weight excluding hydrogens is 306 g/mol. The SMILES string of the molecule is COc1ccc(OCC(O)CN2CCOCC2(C)C)cc1.Cl. The summed E-state index contributed by atoms with van der Waals surface area (Å²) < 4.78 is 16.2. The summed E-state index contributed by atoms with van der Waals surface area (Å²) in [4.78, 5) is 2.25. The molecule has 1 unspecified atom stereocenters. The van der Waals surface area contributed by atoms with Crippen LogP contribution in [0.15, 0.2) is 24.3 Å². The van der Waals surface area contributed by atoms with E-state index in [0.29, 0.717) is 13.2 Å². The number of β-amino-alcohol motifs (C(OH)–C–C–N with tert-alkyl or cyclic N) is 1. The Kier molecular flexibility index (Phi) is 7.42. The van der Waals surface area contributed by atoms with Crippen LogP contribution in [0.4, 0.5) is 0 Å². The second kappa shape index (κ2) is 8.58. The molecule has 2 rings (SSSR count). The second-order valence-corrected chi connectivity index (χ2v) is 5.95. The summed E-state index contributed by atoms with van der Waals surface area (Å²) in [6.07, 6.45) is -0.524. The summed E-state index contributed by atoms with van der Waals surface area (Å²) in [6.45, 7) is 7.37. The van der Waals surface area contributed by atoms with E-state index < -0.39 is 6.10 Å². The van der Waals surface area contributed by atoms with Crippen LogP contribution in [-0.2, 0) is 4.74 Å². The van der Waals surface area contributed by atoms with Crippen LogP contribution in [0, 0.1) is 0 Å². The molecule has 22 heavy (non-hydrogen) atoms. The van der Waals surface area contributed by atoms with Crippen molar-refractivity contribution < 1.29 is 19.3 Å². The molecule has 1 atom stereocenters. The minimum Gasteiger partial charge on any atom is -0.497 e. The molecule has 6 heteroatoms. The van der Waals surface area contributed by atoms with Gasteiger partial charge in [-0.05, 0) is 38.1 Å². The number of hydrogen-bond acceptors (Lipinski definition) is 5. The molecule has 0 aliphatic carbocycles. The van der Waals surface area contributed by atoms with Gasteiger partial charge in [-0.15, -0.1) is 12.4 Å². The third kappa shape index (κ3) is 5.32. The molecule has 0 saturated carbocycles. The number of nitrogens with zero attached hydrogens (tertiary/aromatic N) is 1. The Hall–Kier alpha value is -1.01. The monoisotopic (exact) mass is 331 g/mol. The first kappa shape index (κ1) is 19.0. The number of aliphatic hydroxyl groups is 1. The summed E-state index contributed by atoms with van der Waals surface area (Å²) in [6, 6.07) is 7.36. The van der Waals surface area contributed by atoms with E-state index in [2.05, 4.69) is 18.7 Å². The van der Waals surface area contributed by atoms with Crippen molar-refractivity contribution in [2.45, 2.75) is 25.5 Å². The summed E-state index contributed by atoms with van der Waals surface area (Å²) in [5.74, 6) is 1.52. The minimum absolute atomic E-state index is 0. The number of morpholine rings is 1. The molecule has 1 aliphatic heterocycles. The van der Waals surface area contributed by atoms with Gasteiger partial charge in [-0.2, -0.15) is 0 Å². The van der Waals surface area contributed by atoms with Crippen LogP contribution in [0.5, 0.6) is 11.5 Å². The van der Waals surface area contributed by atoms with Gasteiger partial charge in [0, 0.05) is 18.6 Å². The van der Waals surface area contributed by atoms with Gasteiger partial charge in [0.2, 0.25) is 0 Å². The van der Waals surface area contributed by atoms with E-state index in [-0.39, 0.29) is 24.6 Å². The van der Waals surface area contributed by atoms with Crippen molar-refractivity contribution in [1.29, 1.82) is 0 Å². The van der Waals surface area contributed by atoms with Crippen LogP contribution < -0.4 is 9.47 Å². The van der Waals surface area contributed by atoms with E-state index in [1.807, 2.05) is 24.3 Å². The van der Waals surface area contributed by atoms with Crippen LogP contribution in [0.25, 0.3) is 0 Å². The fourth-order valence-electron chi connectivity index (χ4n) is 2.40. The van der Waals surface area contributed by atoms with E-state index in [1.165, 1.54) is 0 Å². The predicted molar refractivity (Wildman–Crippen MR) is 88.2 cm³/mol. The molecule has 1 N–H and O–H groups in total. The van der Waals surface area contributed by atoms with Crippen molar-refractivity contribution >= 4 is 12.4 Å². The average Bonchev–Trinajstić information content (AvgIpc) is 2.48. The maximum Gasteiger partial charge on any atom is 0.119 e. The van der Waals surface area contributed by atoms with Crippen LogP contribution in [0.1, 0.15) is 13.8 Å². The average molecular weight is 332 g/mol. The first-order valence-electron chi connectivity index (χ1n) is 7.29. The molecule has 1 saturated heterocycles. The van der Waals surface area contributed by atoms with Crippen molar-refractivity contribution in [3.63, 3.8) is 0 Å². The van der Waals surface area contributed by atoms with Gasteiger partial charge in [0.05, 0.1) is 20.3 Å². The number of ether oxygens (including phenoxy) is 3. The van der Waals surface area contributed by atoms with Gasteiger partial charge in [0.15, 0.2) is 0 Å². The summed E-state index contributed by atoms with van der Waals surface area (Å²) in [5, 5.41) is 10.2. The first-order chi connectivity index (χ1) is 10.0. The van der Waals surface area contributed by atoms with Crippen molar-refractivity contribution in [3.8, 4) is 11.5 Å². The topological polar surface area (TPSA) is 51.2 Å². The molecule has 0 aromatic heterocycles. The lowest BCUT2D eigenvalue weighted by atomic mass is 10.0. The number of hydrogen-bond donors (Lipinski definition) is 1. The third-order valence-electron chi connectivity index (χ3n) is 3.75. The van der Waals surface area contributed by atoms with Crippen molar-refractivity contribution in [2.24, 2.45) is 0 Å². The Morgan fingerprint density at radius 2 is 1.91 bits per heavy atom. The molecule has 1 fully saturated rings. The molecule has 1 aliphatic rings. The zero-order valence-electron chi connectivity index (χ0n) is 13.4. The van der Waals surface area contributed by atoms with E-state index >= 15 is 0 Å². The molecule has 1 heterocycles. The van der Waals surface area contributed by atoms with Gasteiger partial charge in [0.25, 0.3) is 0 Å². The zero-order valence-corrected chi connectivity index (χ0v) is 14.3. The van der Waals surface area contributed by atoms with Gasteiger partial charge in [-0.3, -0.25) is 4.90 Å². The molecular formula is C16H26ClNO4. The molecule has 0 amide bonds. The van der Waals surface area contributed by atoms with Crippen molar-refractivity contribution in [1.82, 2.24) is 4.90 Å². The third-order valence-corrected chi connectivity index (χ3v) is 3.75. The van der Waals surface area contributed by atoms with Crippen LogP contribution in [0.2, 0.25) is 0 Å². The number of aliphatic hydroxyl groups excluding tert-OH is 1. The van der Waals surface area contributed by atoms with Gasteiger partial charge in [-0.1, -0.05) is 0 Å². The van der Waals surface area contributed by atoms with Crippen molar-refractivity contribution in [2.75, 3.05) is 40.0 Å². The van der Waals surface area contributed by atoms with Crippen molar-refractivity contribution in [3.05, 3.63) is 24.3 Å². The molecule has 0 radical (unpaired) electrons. The molecule has 1 aromatic rings. The minimum atomic E-state index is -0.524. The first-order valence-corrected chi connectivity index (χ1v) is 7.29. The van der Waals surface area contributed by atoms with Crippen LogP contribution in [0.3, 0.4) is 0 Å². The van der Waals surface area contributed by atoms with Crippen LogP contribution in [-0.4, -0.2) is 61.7 Å². The lowest BCUT2D eigenvalue weighted by Crippen LogP contribution is -2.55. The predicted octanol–water partition coefficient (Wildman–Crippen LogP) is 1.97. The largest absolute Gasteiger partial charge is 0.497 e. The summed E-state index contributed by atoms with van der Waals surface area (Å²) in [7, 11) is 1.63. The highest BCUT2D eigenvalue weighted by atomic mass is 35.5. The summed E-state index contributed by atoms with van der Waals surface area (Å²) >= 11 is 0. The van der Waals surface area contributed by atoms with Gasteiger partial charge < -0.3 is 19.3 Å². The molecule has 126 valence electrons. The Bertz CT molecular complexity index is 438. The molecule has 1 aromatic carbocycles. The highest BCUT2D eigenvalue weighted by molar-refractivity contribution is 5.85. The van der Waals surface area contributed by atoms with E-state index in [1.54, 1.807) is 7.11 Å². The molecule has 0 bridgehead atoms. The normalized spacial score (nSPS) is 19.1. The number of rotatable bonds is 6.